The molecule has 0 unspecified atom stereocenters. The number of benzene rings is 1. The molecule has 2 heterocycles. The van der Waals surface area contributed by atoms with Gasteiger partial charge in [-0.2, -0.15) is 5.10 Å². The summed E-state index contributed by atoms with van der Waals surface area (Å²) in [5.41, 5.74) is 0.665. The largest absolute Gasteiger partial charge is 0.490 e. The van der Waals surface area contributed by atoms with Gasteiger partial charge in [0, 0.05) is 13.2 Å². The van der Waals surface area contributed by atoms with Gasteiger partial charge in [-0.1, -0.05) is 12.1 Å². The number of rotatable bonds is 4. The van der Waals surface area contributed by atoms with Gasteiger partial charge in [0.15, 0.2) is 0 Å². The number of amides is 1. The number of nitrogens with zero attached hydrogens (tertiary/aromatic N) is 3. The fourth-order valence-electron chi connectivity index (χ4n) is 2.42. The molecule has 1 aliphatic rings. The third-order valence-electron chi connectivity index (χ3n) is 3.57. The van der Waals surface area contributed by atoms with E-state index in [9.17, 15) is 9.59 Å². The lowest BCUT2D eigenvalue weighted by atomic mass is 10.2. The van der Waals surface area contributed by atoms with Gasteiger partial charge in [-0.05, 0) is 18.2 Å². The first-order valence-corrected chi connectivity index (χ1v) is 7.31. The summed E-state index contributed by atoms with van der Waals surface area (Å²) in [7, 11) is 1.55. The van der Waals surface area contributed by atoms with E-state index < -0.39 is 0 Å². The van der Waals surface area contributed by atoms with E-state index in [1.165, 1.54) is 16.8 Å². The van der Waals surface area contributed by atoms with Crippen molar-refractivity contribution in [3.63, 3.8) is 0 Å². The number of hydrogen-bond acceptors (Lipinski definition) is 5. The standard InChI is InChI=1S/C16H17N3O4/c1-22-10-9-19-15(20)7-6-12(17-19)16(21)18-8-11-23-14-5-3-2-4-13(14)18/h2-7H,8-11H2,1H3. The third kappa shape index (κ3) is 3.09. The maximum atomic E-state index is 12.8. The molecule has 0 radical (unpaired) electrons. The monoisotopic (exact) mass is 315 g/mol. The molecule has 120 valence electrons. The van der Waals surface area contributed by atoms with Gasteiger partial charge in [-0.15, -0.1) is 0 Å². The summed E-state index contributed by atoms with van der Waals surface area (Å²) in [5, 5.41) is 4.15. The number of para-hydroxylation sites is 2. The number of anilines is 1. The minimum absolute atomic E-state index is 0.220. The number of ether oxygens (including phenoxy) is 2. The van der Waals surface area contributed by atoms with Gasteiger partial charge < -0.3 is 14.4 Å². The molecule has 1 aromatic heterocycles. The number of carbonyl (C=O) groups is 1. The quantitative estimate of drug-likeness (QED) is 0.839. The van der Waals surface area contributed by atoms with Crippen LogP contribution in [0.25, 0.3) is 0 Å². The highest BCUT2D eigenvalue weighted by molar-refractivity contribution is 6.05. The van der Waals surface area contributed by atoms with Crippen LogP contribution in [0.4, 0.5) is 5.69 Å². The molecular formula is C16H17N3O4. The Labute approximate surface area is 133 Å². The van der Waals surface area contributed by atoms with Crippen LogP contribution in [0.1, 0.15) is 10.5 Å². The number of fused-ring (bicyclic) bond motifs is 1. The molecule has 7 heteroatoms. The second-order valence-corrected chi connectivity index (χ2v) is 5.05. The van der Waals surface area contributed by atoms with Crippen molar-refractivity contribution < 1.29 is 14.3 Å². The zero-order valence-electron chi connectivity index (χ0n) is 12.8. The van der Waals surface area contributed by atoms with E-state index >= 15 is 0 Å². The molecule has 1 amide bonds. The maximum Gasteiger partial charge on any atom is 0.278 e. The van der Waals surface area contributed by atoms with E-state index in [0.29, 0.717) is 37.7 Å². The fraction of sp³-hybridized carbons (Fsp3) is 0.312. The van der Waals surface area contributed by atoms with Crippen LogP contribution < -0.4 is 15.2 Å². The molecule has 0 fully saturated rings. The van der Waals surface area contributed by atoms with Crippen LogP contribution in [0.15, 0.2) is 41.2 Å². The zero-order chi connectivity index (χ0) is 16.2. The second-order valence-electron chi connectivity index (χ2n) is 5.05. The SMILES string of the molecule is COCCn1nc(C(=O)N2CCOc3ccccc32)ccc1=O. The van der Waals surface area contributed by atoms with Gasteiger partial charge in [0.1, 0.15) is 18.1 Å². The predicted octanol–water partition coefficient (Wildman–Crippen LogP) is 0.929. The molecule has 0 saturated carbocycles. The van der Waals surface area contributed by atoms with Crippen LogP contribution in [0.3, 0.4) is 0 Å². The minimum atomic E-state index is -0.263. The average molecular weight is 315 g/mol. The maximum absolute atomic E-state index is 12.8. The van der Waals surface area contributed by atoms with Crippen molar-refractivity contribution in [2.45, 2.75) is 6.54 Å². The average Bonchev–Trinajstić information content (AvgIpc) is 2.60. The van der Waals surface area contributed by atoms with Gasteiger partial charge >= 0.3 is 0 Å². The summed E-state index contributed by atoms with van der Waals surface area (Å²) >= 11 is 0. The highest BCUT2D eigenvalue weighted by Crippen LogP contribution is 2.31. The lowest BCUT2D eigenvalue weighted by Gasteiger charge is -2.29. The molecule has 0 atom stereocenters. The molecule has 1 aliphatic heterocycles. The Hall–Kier alpha value is -2.67. The van der Waals surface area contributed by atoms with Crippen LogP contribution >= 0.6 is 0 Å². The number of hydrogen-bond donors (Lipinski definition) is 0. The van der Waals surface area contributed by atoms with E-state index in [2.05, 4.69) is 5.10 Å². The zero-order valence-corrected chi connectivity index (χ0v) is 12.8. The number of methoxy groups -OCH3 is 1. The summed E-state index contributed by atoms with van der Waals surface area (Å²) in [5.74, 6) is 0.409. The predicted molar refractivity (Wildman–Crippen MR) is 84.0 cm³/mol. The van der Waals surface area contributed by atoms with E-state index in [0.717, 1.165) is 0 Å². The Balaban J connectivity index is 1.91. The smallest absolute Gasteiger partial charge is 0.278 e. The minimum Gasteiger partial charge on any atom is -0.490 e. The van der Waals surface area contributed by atoms with Gasteiger partial charge in [0.25, 0.3) is 11.5 Å². The number of aromatic nitrogens is 2. The van der Waals surface area contributed by atoms with Crippen molar-refractivity contribution in [1.29, 1.82) is 0 Å². The third-order valence-corrected chi connectivity index (χ3v) is 3.57. The molecule has 0 spiro atoms. The van der Waals surface area contributed by atoms with Gasteiger partial charge in [0.05, 0.1) is 25.4 Å². The Bertz CT molecular complexity index is 772. The van der Waals surface area contributed by atoms with E-state index in [1.54, 1.807) is 12.0 Å². The number of carbonyl (C=O) groups excluding carboxylic acids is 1. The first-order chi connectivity index (χ1) is 11.2. The Kier molecular flexibility index (Phi) is 4.38. The normalized spacial score (nSPS) is 13.3. The van der Waals surface area contributed by atoms with E-state index in [-0.39, 0.29) is 17.2 Å². The molecule has 2 aromatic rings. The molecular weight excluding hydrogens is 298 g/mol. The lowest BCUT2D eigenvalue weighted by molar-refractivity contribution is 0.0968. The van der Waals surface area contributed by atoms with Crippen molar-refractivity contribution in [1.82, 2.24) is 9.78 Å². The van der Waals surface area contributed by atoms with Crippen molar-refractivity contribution in [3.8, 4) is 5.75 Å². The molecule has 0 bridgehead atoms. The molecule has 3 rings (SSSR count). The van der Waals surface area contributed by atoms with E-state index in [4.69, 9.17) is 9.47 Å². The molecule has 0 saturated heterocycles. The summed E-state index contributed by atoms with van der Waals surface area (Å²) < 4.78 is 11.7. The summed E-state index contributed by atoms with van der Waals surface area (Å²) in [6, 6.07) is 10.2. The second kappa shape index (κ2) is 6.62. The van der Waals surface area contributed by atoms with Crippen molar-refractivity contribution in [2.24, 2.45) is 0 Å². The van der Waals surface area contributed by atoms with Crippen LogP contribution in [0.5, 0.6) is 5.75 Å². The molecule has 0 N–H and O–H groups in total. The topological polar surface area (TPSA) is 73.7 Å². The highest BCUT2D eigenvalue weighted by atomic mass is 16.5. The van der Waals surface area contributed by atoms with Crippen LogP contribution in [-0.2, 0) is 11.3 Å². The molecule has 1 aromatic carbocycles. The van der Waals surface area contributed by atoms with Crippen LogP contribution in [-0.4, -0.2) is 42.6 Å². The van der Waals surface area contributed by atoms with Crippen molar-refractivity contribution in [2.75, 3.05) is 31.8 Å². The fourth-order valence-corrected chi connectivity index (χ4v) is 2.42. The van der Waals surface area contributed by atoms with E-state index in [1.807, 2.05) is 24.3 Å². The first kappa shape index (κ1) is 15.2. The van der Waals surface area contributed by atoms with Crippen LogP contribution in [0, 0.1) is 0 Å². The Morgan fingerprint density at radius 3 is 2.96 bits per heavy atom. The van der Waals surface area contributed by atoms with Gasteiger partial charge in [0.2, 0.25) is 0 Å². The Morgan fingerprint density at radius 2 is 2.13 bits per heavy atom. The van der Waals surface area contributed by atoms with Crippen molar-refractivity contribution >= 4 is 11.6 Å². The van der Waals surface area contributed by atoms with Gasteiger partial charge in [-0.25, -0.2) is 4.68 Å². The summed E-state index contributed by atoms with van der Waals surface area (Å²) in [6.07, 6.45) is 0. The first-order valence-electron chi connectivity index (χ1n) is 7.31. The van der Waals surface area contributed by atoms with Gasteiger partial charge in [-0.3, -0.25) is 9.59 Å². The summed E-state index contributed by atoms with van der Waals surface area (Å²) in [4.78, 5) is 26.2. The molecule has 0 aliphatic carbocycles. The highest BCUT2D eigenvalue weighted by Gasteiger charge is 2.25. The Morgan fingerprint density at radius 1 is 1.30 bits per heavy atom. The van der Waals surface area contributed by atoms with Crippen molar-refractivity contribution in [3.05, 3.63) is 52.4 Å². The lowest BCUT2D eigenvalue weighted by Crippen LogP contribution is -2.39. The van der Waals surface area contributed by atoms with Crippen LogP contribution in [0.2, 0.25) is 0 Å². The molecule has 23 heavy (non-hydrogen) atoms. The molecule has 7 nitrogen and oxygen atoms in total. The summed E-state index contributed by atoms with van der Waals surface area (Å²) in [6.45, 7) is 1.52.